The van der Waals surface area contributed by atoms with Crippen LogP contribution in [0.1, 0.15) is 12.8 Å². The predicted octanol–water partition coefficient (Wildman–Crippen LogP) is -2.43. The lowest BCUT2D eigenvalue weighted by Crippen LogP contribution is -2.57. The summed E-state index contributed by atoms with van der Waals surface area (Å²) >= 11 is 0. The molecular formula is C8H15NO4. The standard InChI is InChI=1S/C8H15NO4/c10-3-8-2-4(11)1-5(9-8)6(12)7(8)13/h4-7,9-13H,1-3H2/t4-,5+,6+,7-,8+/m1/s1. The van der Waals surface area contributed by atoms with Crippen molar-refractivity contribution in [3.63, 3.8) is 0 Å². The maximum atomic E-state index is 9.65. The topological polar surface area (TPSA) is 93.0 Å². The molecule has 5 heteroatoms. The molecule has 0 unspecified atom stereocenters. The molecular weight excluding hydrogens is 174 g/mol. The maximum Gasteiger partial charge on any atom is 0.102 e. The van der Waals surface area contributed by atoms with Gasteiger partial charge < -0.3 is 25.7 Å². The molecule has 2 bridgehead atoms. The Morgan fingerprint density at radius 1 is 1.31 bits per heavy atom. The van der Waals surface area contributed by atoms with E-state index in [0.717, 1.165) is 0 Å². The minimum Gasteiger partial charge on any atom is -0.394 e. The summed E-state index contributed by atoms with van der Waals surface area (Å²) < 4.78 is 0. The molecule has 0 saturated carbocycles. The van der Waals surface area contributed by atoms with Gasteiger partial charge in [-0.1, -0.05) is 0 Å². The maximum absolute atomic E-state index is 9.65. The second-order valence-corrected chi connectivity index (χ2v) is 4.09. The van der Waals surface area contributed by atoms with Crippen LogP contribution in [0.2, 0.25) is 0 Å². The van der Waals surface area contributed by atoms with Gasteiger partial charge >= 0.3 is 0 Å². The first kappa shape index (κ1) is 9.36. The number of aliphatic hydroxyl groups excluding tert-OH is 4. The Bertz CT molecular complexity index is 208. The van der Waals surface area contributed by atoms with E-state index in [-0.39, 0.29) is 19.1 Å². The van der Waals surface area contributed by atoms with Crippen LogP contribution in [0.4, 0.5) is 0 Å². The van der Waals surface area contributed by atoms with Gasteiger partial charge in [0.15, 0.2) is 0 Å². The molecule has 0 aliphatic carbocycles. The second kappa shape index (κ2) is 2.90. The molecule has 0 aromatic carbocycles. The van der Waals surface area contributed by atoms with Gasteiger partial charge in [-0.05, 0) is 12.8 Å². The number of hydrogen-bond donors (Lipinski definition) is 5. The Kier molecular flexibility index (Phi) is 2.08. The minimum absolute atomic E-state index is 0.265. The Hall–Kier alpha value is -0.200. The first-order chi connectivity index (χ1) is 6.09. The molecule has 5 N–H and O–H groups in total. The molecule has 76 valence electrons. The van der Waals surface area contributed by atoms with Crippen LogP contribution in [0, 0.1) is 0 Å². The van der Waals surface area contributed by atoms with E-state index in [4.69, 9.17) is 5.11 Å². The third kappa shape index (κ3) is 1.19. The summed E-state index contributed by atoms with van der Waals surface area (Å²) in [4.78, 5) is 0. The number of hydrogen-bond acceptors (Lipinski definition) is 5. The molecule has 0 spiro atoms. The third-order valence-corrected chi connectivity index (χ3v) is 3.18. The van der Waals surface area contributed by atoms with Gasteiger partial charge in [0.25, 0.3) is 0 Å². The molecule has 0 radical (unpaired) electrons. The lowest BCUT2D eigenvalue weighted by atomic mass is 9.88. The van der Waals surface area contributed by atoms with Gasteiger partial charge in [0.1, 0.15) is 6.10 Å². The van der Waals surface area contributed by atoms with Crippen molar-refractivity contribution in [1.29, 1.82) is 0 Å². The van der Waals surface area contributed by atoms with Crippen molar-refractivity contribution in [2.75, 3.05) is 6.61 Å². The molecule has 2 rings (SSSR count). The molecule has 2 heterocycles. The highest BCUT2D eigenvalue weighted by molar-refractivity contribution is 5.13. The van der Waals surface area contributed by atoms with E-state index >= 15 is 0 Å². The van der Waals surface area contributed by atoms with Gasteiger partial charge in [-0.15, -0.1) is 0 Å². The van der Waals surface area contributed by atoms with E-state index in [1.807, 2.05) is 0 Å². The largest absolute Gasteiger partial charge is 0.394 e. The SMILES string of the molecule is OC[C@]12C[C@H](O)C[C@H](N1)[C@H](O)[C@H]2O. The first-order valence-corrected chi connectivity index (χ1v) is 4.52. The molecule has 2 aliphatic rings. The van der Waals surface area contributed by atoms with Crippen LogP contribution in [0.25, 0.3) is 0 Å². The van der Waals surface area contributed by atoms with Crippen LogP contribution < -0.4 is 5.32 Å². The van der Waals surface area contributed by atoms with E-state index in [2.05, 4.69) is 5.32 Å². The molecule has 0 amide bonds. The highest BCUT2D eigenvalue weighted by Crippen LogP contribution is 2.35. The number of rotatable bonds is 1. The molecule has 2 aliphatic heterocycles. The number of fused-ring (bicyclic) bond motifs is 2. The minimum atomic E-state index is -0.986. The van der Waals surface area contributed by atoms with Crippen molar-refractivity contribution in [2.24, 2.45) is 0 Å². The predicted molar refractivity (Wildman–Crippen MR) is 44.0 cm³/mol. The Labute approximate surface area is 76.0 Å². The van der Waals surface area contributed by atoms with Crippen molar-refractivity contribution in [3.05, 3.63) is 0 Å². The van der Waals surface area contributed by atoms with E-state index < -0.39 is 23.9 Å². The van der Waals surface area contributed by atoms with E-state index in [0.29, 0.717) is 6.42 Å². The zero-order valence-corrected chi connectivity index (χ0v) is 7.22. The monoisotopic (exact) mass is 189 g/mol. The van der Waals surface area contributed by atoms with Gasteiger partial charge in [-0.2, -0.15) is 0 Å². The summed E-state index contributed by atoms with van der Waals surface area (Å²) in [5.74, 6) is 0. The van der Waals surface area contributed by atoms with Crippen LogP contribution in [0.5, 0.6) is 0 Å². The average Bonchev–Trinajstić information content (AvgIpc) is 2.29. The van der Waals surface area contributed by atoms with Gasteiger partial charge in [0.05, 0.1) is 24.4 Å². The molecule has 5 atom stereocenters. The zero-order valence-electron chi connectivity index (χ0n) is 7.22. The zero-order chi connectivity index (χ0) is 9.64. The summed E-state index contributed by atoms with van der Waals surface area (Å²) in [5.41, 5.74) is -0.901. The van der Waals surface area contributed by atoms with Crippen LogP contribution >= 0.6 is 0 Å². The van der Waals surface area contributed by atoms with Crippen molar-refractivity contribution in [1.82, 2.24) is 5.32 Å². The average molecular weight is 189 g/mol. The normalized spacial score (nSPS) is 55.4. The number of piperidine rings is 1. The van der Waals surface area contributed by atoms with Crippen LogP contribution in [0.15, 0.2) is 0 Å². The highest BCUT2D eigenvalue weighted by Gasteiger charge is 2.56. The fraction of sp³-hybridized carbons (Fsp3) is 1.00. The van der Waals surface area contributed by atoms with E-state index in [9.17, 15) is 15.3 Å². The first-order valence-electron chi connectivity index (χ1n) is 4.52. The fourth-order valence-electron chi connectivity index (χ4n) is 2.47. The summed E-state index contributed by atoms with van der Waals surface area (Å²) in [6.45, 7) is -0.265. The van der Waals surface area contributed by atoms with E-state index in [1.54, 1.807) is 0 Å². The summed E-state index contributed by atoms with van der Waals surface area (Å²) in [5, 5.41) is 40.8. The fourth-order valence-corrected chi connectivity index (χ4v) is 2.47. The third-order valence-electron chi connectivity index (χ3n) is 3.18. The molecule has 13 heavy (non-hydrogen) atoms. The smallest absolute Gasteiger partial charge is 0.102 e. The van der Waals surface area contributed by atoms with Gasteiger partial charge in [0.2, 0.25) is 0 Å². The number of nitrogens with one attached hydrogen (secondary N) is 1. The summed E-state index contributed by atoms with van der Waals surface area (Å²) in [6, 6.07) is -0.300. The lowest BCUT2D eigenvalue weighted by molar-refractivity contribution is -0.0211. The molecule has 2 fully saturated rings. The summed E-state index contributed by atoms with van der Waals surface area (Å²) in [6.07, 6.45) is -1.70. The van der Waals surface area contributed by atoms with Crippen LogP contribution in [0.3, 0.4) is 0 Å². The molecule has 0 aromatic rings. The van der Waals surface area contributed by atoms with Crippen molar-refractivity contribution in [3.8, 4) is 0 Å². The molecule has 5 nitrogen and oxygen atoms in total. The van der Waals surface area contributed by atoms with Crippen molar-refractivity contribution >= 4 is 0 Å². The van der Waals surface area contributed by atoms with Crippen molar-refractivity contribution < 1.29 is 20.4 Å². The Morgan fingerprint density at radius 3 is 2.62 bits per heavy atom. The van der Waals surface area contributed by atoms with Crippen LogP contribution in [-0.4, -0.2) is 56.9 Å². The number of aliphatic hydroxyl groups is 4. The summed E-state index contributed by atoms with van der Waals surface area (Å²) in [7, 11) is 0. The Balaban J connectivity index is 2.26. The van der Waals surface area contributed by atoms with Gasteiger partial charge in [0, 0.05) is 6.04 Å². The van der Waals surface area contributed by atoms with E-state index in [1.165, 1.54) is 0 Å². The van der Waals surface area contributed by atoms with Gasteiger partial charge in [-0.3, -0.25) is 0 Å². The highest BCUT2D eigenvalue weighted by atomic mass is 16.3. The van der Waals surface area contributed by atoms with Crippen LogP contribution in [-0.2, 0) is 0 Å². The quantitative estimate of drug-likeness (QED) is 0.316. The lowest BCUT2D eigenvalue weighted by Gasteiger charge is -2.36. The van der Waals surface area contributed by atoms with Gasteiger partial charge in [-0.25, -0.2) is 0 Å². The van der Waals surface area contributed by atoms with Crippen molar-refractivity contribution in [2.45, 2.75) is 42.7 Å². The molecule has 2 saturated heterocycles. The second-order valence-electron chi connectivity index (χ2n) is 4.09. The molecule has 0 aromatic heterocycles. The Morgan fingerprint density at radius 2 is 2.00 bits per heavy atom.